The van der Waals surface area contributed by atoms with Crippen LogP contribution in [0.5, 0.6) is 0 Å². The van der Waals surface area contributed by atoms with Gasteiger partial charge in [-0.05, 0) is 49.7 Å². The number of halogens is 2. The number of nitrogens with zero attached hydrogens (tertiary/aromatic N) is 4. The third kappa shape index (κ3) is 4.26. The lowest BCUT2D eigenvalue weighted by molar-refractivity contribution is -0.125. The molecule has 5 rings (SSSR count). The van der Waals surface area contributed by atoms with Crippen molar-refractivity contribution in [2.24, 2.45) is 5.73 Å². The Bertz CT molecular complexity index is 1230. The molecule has 2 aromatic carbocycles. The lowest BCUT2D eigenvalue weighted by Crippen LogP contribution is -2.61. The first kappa shape index (κ1) is 23.7. The summed E-state index contributed by atoms with van der Waals surface area (Å²) >= 11 is 12.8. The minimum Gasteiger partial charge on any atom is -0.368 e. The van der Waals surface area contributed by atoms with Crippen molar-refractivity contribution in [1.29, 1.82) is 0 Å². The molecule has 4 N–H and O–H groups in total. The van der Waals surface area contributed by atoms with Crippen LogP contribution in [0.25, 0.3) is 0 Å². The van der Waals surface area contributed by atoms with E-state index in [0.717, 1.165) is 28.6 Å². The Morgan fingerprint density at radius 2 is 1.80 bits per heavy atom. The number of rotatable bonds is 6. The first-order chi connectivity index (χ1) is 16.9. The van der Waals surface area contributed by atoms with E-state index in [0.29, 0.717) is 42.5 Å². The molecule has 2 aliphatic rings. The summed E-state index contributed by atoms with van der Waals surface area (Å²) in [6, 6.07) is 15.4. The minimum absolute atomic E-state index is 0.286. The maximum atomic E-state index is 12.2. The van der Waals surface area contributed by atoms with Gasteiger partial charge in [0.2, 0.25) is 5.91 Å². The molecule has 0 aliphatic carbocycles. The number of amides is 1. The molecule has 1 saturated heterocycles. The number of likely N-dealkylation sites (N-methyl/N-ethyl adjacent to an activating group) is 1. The lowest BCUT2D eigenvalue weighted by Gasteiger charge is -2.40. The van der Waals surface area contributed by atoms with Gasteiger partial charge in [-0.3, -0.25) is 9.69 Å². The predicted octanol–water partition coefficient (Wildman–Crippen LogP) is 4.48. The zero-order chi connectivity index (χ0) is 24.6. The van der Waals surface area contributed by atoms with Crippen LogP contribution in [0.1, 0.15) is 31.5 Å². The lowest BCUT2D eigenvalue weighted by atomic mass is 9.86. The smallest absolute Gasteiger partial charge is 0.237 e. The van der Waals surface area contributed by atoms with E-state index in [9.17, 15) is 4.79 Å². The van der Waals surface area contributed by atoms with Crippen molar-refractivity contribution in [1.82, 2.24) is 15.3 Å². The molecule has 2 aliphatic heterocycles. The fourth-order valence-electron chi connectivity index (χ4n) is 4.98. The van der Waals surface area contributed by atoms with E-state index in [1.165, 1.54) is 0 Å². The van der Waals surface area contributed by atoms with Crippen LogP contribution in [-0.4, -0.2) is 41.0 Å². The van der Waals surface area contributed by atoms with Gasteiger partial charge < -0.3 is 21.3 Å². The van der Waals surface area contributed by atoms with Gasteiger partial charge in [0.15, 0.2) is 11.6 Å². The Hall–Kier alpha value is -3.07. The third-order valence-electron chi connectivity index (χ3n) is 6.78. The average molecular weight is 512 g/mol. The molecule has 182 valence electrons. The molecule has 3 aromatic rings. The topological polar surface area (TPSA) is 99.4 Å². The Kier molecular flexibility index (Phi) is 6.44. The highest BCUT2D eigenvalue weighted by Gasteiger charge is 2.42. The van der Waals surface area contributed by atoms with E-state index in [4.69, 9.17) is 28.9 Å². The number of carbonyl (C=O) groups is 1. The Morgan fingerprint density at radius 1 is 1.11 bits per heavy atom. The quantitative estimate of drug-likeness (QED) is 0.448. The van der Waals surface area contributed by atoms with E-state index in [1.807, 2.05) is 55.5 Å². The monoisotopic (exact) mass is 511 g/mol. The van der Waals surface area contributed by atoms with Crippen molar-refractivity contribution >= 4 is 52.1 Å². The second kappa shape index (κ2) is 9.53. The normalized spacial score (nSPS) is 18.8. The van der Waals surface area contributed by atoms with Crippen molar-refractivity contribution in [2.45, 2.75) is 31.5 Å². The number of nitrogens with two attached hydrogens (primary N) is 1. The zero-order valence-corrected chi connectivity index (χ0v) is 20.9. The van der Waals surface area contributed by atoms with Crippen LogP contribution in [0.3, 0.4) is 0 Å². The first-order valence-electron chi connectivity index (χ1n) is 11.6. The highest BCUT2D eigenvalue weighted by atomic mass is 35.5. The summed E-state index contributed by atoms with van der Waals surface area (Å²) < 4.78 is 0. The summed E-state index contributed by atoms with van der Waals surface area (Å²) in [6.07, 6.45) is 2.49. The fraction of sp³-hybridized carbons (Fsp3) is 0.320. The average Bonchev–Trinajstić information content (AvgIpc) is 3.25. The molecule has 1 atom stereocenters. The second-order valence-corrected chi connectivity index (χ2v) is 9.62. The van der Waals surface area contributed by atoms with Crippen LogP contribution >= 0.6 is 23.2 Å². The summed E-state index contributed by atoms with van der Waals surface area (Å²) in [5.41, 5.74) is 7.75. The number of hydrogen-bond donors (Lipinski definition) is 3. The van der Waals surface area contributed by atoms with E-state index in [2.05, 4.69) is 30.4 Å². The number of primary amides is 1. The molecule has 0 spiro atoms. The third-order valence-corrected chi connectivity index (χ3v) is 7.38. The number of piperidine rings is 1. The van der Waals surface area contributed by atoms with E-state index in [-0.39, 0.29) is 12.1 Å². The van der Waals surface area contributed by atoms with Crippen molar-refractivity contribution < 1.29 is 4.79 Å². The second-order valence-electron chi connectivity index (χ2n) is 8.77. The molecule has 1 aromatic heterocycles. The van der Waals surface area contributed by atoms with Crippen LogP contribution in [0.4, 0.5) is 23.0 Å². The molecule has 1 unspecified atom stereocenters. The summed E-state index contributed by atoms with van der Waals surface area (Å²) in [7, 11) is 0. The van der Waals surface area contributed by atoms with Gasteiger partial charge in [0, 0.05) is 34.4 Å². The Morgan fingerprint density at radius 3 is 2.46 bits per heavy atom. The van der Waals surface area contributed by atoms with E-state index in [1.54, 1.807) is 6.33 Å². The molecule has 3 heterocycles. The SMILES string of the molecule is CCNC1(C(N)=O)CCN(c2ncnc3c2NC(c2ccccc2Cl)N3c2ccc(Cl)cc2)CC1. The maximum absolute atomic E-state index is 12.2. The van der Waals surface area contributed by atoms with Gasteiger partial charge in [0.1, 0.15) is 23.7 Å². The van der Waals surface area contributed by atoms with Crippen molar-refractivity contribution in [2.75, 3.05) is 34.8 Å². The van der Waals surface area contributed by atoms with Crippen LogP contribution in [-0.2, 0) is 4.79 Å². The van der Waals surface area contributed by atoms with Crippen LogP contribution in [0, 0.1) is 0 Å². The largest absolute Gasteiger partial charge is 0.368 e. The maximum Gasteiger partial charge on any atom is 0.237 e. The number of carbonyl (C=O) groups excluding carboxylic acids is 1. The molecule has 10 heteroatoms. The molecule has 0 saturated carbocycles. The van der Waals surface area contributed by atoms with E-state index >= 15 is 0 Å². The molecule has 8 nitrogen and oxygen atoms in total. The summed E-state index contributed by atoms with van der Waals surface area (Å²) in [4.78, 5) is 25.8. The van der Waals surface area contributed by atoms with Crippen molar-refractivity contribution in [3.8, 4) is 0 Å². The van der Waals surface area contributed by atoms with Gasteiger partial charge in [0.25, 0.3) is 0 Å². The molecular weight excluding hydrogens is 485 g/mol. The molecule has 35 heavy (non-hydrogen) atoms. The predicted molar refractivity (Wildman–Crippen MR) is 140 cm³/mol. The van der Waals surface area contributed by atoms with Gasteiger partial charge in [-0.1, -0.05) is 48.3 Å². The molecule has 1 fully saturated rings. The highest BCUT2D eigenvalue weighted by molar-refractivity contribution is 6.31. The van der Waals surface area contributed by atoms with Gasteiger partial charge in [-0.15, -0.1) is 0 Å². The Labute approximate surface area is 214 Å². The fourth-order valence-corrected chi connectivity index (χ4v) is 5.34. The van der Waals surface area contributed by atoms with Crippen molar-refractivity contribution in [3.63, 3.8) is 0 Å². The first-order valence-corrected chi connectivity index (χ1v) is 12.4. The summed E-state index contributed by atoms with van der Waals surface area (Å²) in [5, 5.41) is 8.24. The summed E-state index contributed by atoms with van der Waals surface area (Å²) in [6.45, 7) is 3.94. The standard InChI is InChI=1S/C25H27Cl2N7O/c1-2-31-25(24(28)35)11-13-33(14-12-25)22-20-23(30-15-29-22)34(17-9-7-16(26)8-10-17)21(32-20)18-5-3-4-6-19(18)27/h3-10,15,21,31-32H,2,11-14H2,1H3,(H2,28,35). The summed E-state index contributed by atoms with van der Waals surface area (Å²) in [5.74, 6) is 1.23. The van der Waals surface area contributed by atoms with Gasteiger partial charge in [-0.25, -0.2) is 9.97 Å². The molecule has 1 amide bonds. The minimum atomic E-state index is -0.690. The molecule has 0 bridgehead atoms. The van der Waals surface area contributed by atoms with Gasteiger partial charge in [0.05, 0.1) is 0 Å². The molecule has 0 radical (unpaired) electrons. The highest BCUT2D eigenvalue weighted by Crippen LogP contribution is 2.49. The Balaban J connectivity index is 1.53. The van der Waals surface area contributed by atoms with Crippen LogP contribution in [0.2, 0.25) is 10.0 Å². The number of fused-ring (bicyclic) bond motifs is 1. The number of benzene rings is 2. The van der Waals surface area contributed by atoms with Crippen molar-refractivity contribution in [3.05, 3.63) is 70.5 Å². The van der Waals surface area contributed by atoms with Gasteiger partial charge >= 0.3 is 0 Å². The molecular formula is C25H27Cl2N7O. The number of nitrogens with one attached hydrogen (secondary N) is 2. The van der Waals surface area contributed by atoms with Gasteiger partial charge in [-0.2, -0.15) is 0 Å². The number of hydrogen-bond acceptors (Lipinski definition) is 7. The van der Waals surface area contributed by atoms with E-state index < -0.39 is 5.54 Å². The zero-order valence-electron chi connectivity index (χ0n) is 19.3. The number of aromatic nitrogens is 2. The van der Waals surface area contributed by atoms with Crippen LogP contribution < -0.4 is 26.2 Å². The van der Waals surface area contributed by atoms with Crippen LogP contribution in [0.15, 0.2) is 54.9 Å². The number of anilines is 4.